The molecule has 10 rings (SSSR count). The third-order valence-electron chi connectivity index (χ3n) is 12.3. The van der Waals surface area contributed by atoms with Crippen LogP contribution in [0.25, 0.3) is 38.7 Å². The SMILES string of the molecule is C=C(N=C(C1=C(C)C2(c3cc(C4(C)C=CC(c5ccc6ccccc6c5)=CC4)ccc31)c1ccccc1-c1ccccc12)c1ccccc1)c1ccccc1. The topological polar surface area (TPSA) is 12.4 Å². The van der Waals surface area contributed by atoms with Crippen molar-refractivity contribution in [1.82, 2.24) is 0 Å². The van der Waals surface area contributed by atoms with Gasteiger partial charge in [0.05, 0.1) is 16.8 Å². The standard InChI is InChI=1S/C54H41N/c1-36-51(52(41-19-8-5-9-20-41)55-37(2)38-16-6-4-7-17-38)47-29-28-44(35-50(47)54(36)48-24-14-12-22-45(48)46-23-13-15-25-49(46)54)53(3)32-30-40(31-33-53)43-27-26-39-18-10-11-21-42(39)34-43/h4-32,34-35H,2,33H2,1,3H3. The number of benzene rings is 7. The zero-order chi connectivity index (χ0) is 37.1. The molecule has 3 aliphatic carbocycles. The summed E-state index contributed by atoms with van der Waals surface area (Å²) in [5.41, 5.74) is 17.3. The van der Waals surface area contributed by atoms with E-state index in [0.29, 0.717) is 0 Å². The molecule has 1 heteroatoms. The molecule has 1 spiro atoms. The molecule has 0 saturated heterocycles. The minimum Gasteiger partial charge on any atom is -0.248 e. The minimum absolute atomic E-state index is 0.178. The Hall–Kier alpha value is -6.57. The molecule has 3 aliphatic rings. The van der Waals surface area contributed by atoms with Crippen molar-refractivity contribution in [3.8, 4) is 11.1 Å². The summed E-state index contributed by atoms with van der Waals surface area (Å²) < 4.78 is 0. The second kappa shape index (κ2) is 12.8. The van der Waals surface area contributed by atoms with E-state index in [2.05, 4.69) is 202 Å². The van der Waals surface area contributed by atoms with Gasteiger partial charge in [0.2, 0.25) is 0 Å². The fraction of sp³-hybridized carbons (Fsp3) is 0.0926. The zero-order valence-electron chi connectivity index (χ0n) is 31.3. The van der Waals surface area contributed by atoms with Crippen LogP contribution >= 0.6 is 0 Å². The summed E-state index contributed by atoms with van der Waals surface area (Å²) in [5.74, 6) is 0. The molecule has 0 N–H and O–H groups in total. The number of aliphatic imine (C=N–C) groups is 1. The van der Waals surface area contributed by atoms with Crippen LogP contribution in [0.1, 0.15) is 64.8 Å². The fourth-order valence-electron chi connectivity index (χ4n) is 9.47. The number of hydrogen-bond acceptors (Lipinski definition) is 1. The zero-order valence-corrected chi connectivity index (χ0v) is 31.3. The molecule has 0 fully saturated rings. The van der Waals surface area contributed by atoms with Crippen molar-refractivity contribution in [2.45, 2.75) is 31.1 Å². The predicted molar refractivity (Wildman–Crippen MR) is 232 cm³/mol. The Bertz CT molecular complexity index is 2770. The highest BCUT2D eigenvalue weighted by atomic mass is 14.8. The molecule has 1 unspecified atom stereocenters. The smallest absolute Gasteiger partial charge is 0.0787 e. The van der Waals surface area contributed by atoms with Crippen LogP contribution < -0.4 is 0 Å². The lowest BCUT2D eigenvalue weighted by Gasteiger charge is -2.34. The first-order chi connectivity index (χ1) is 27.0. The summed E-state index contributed by atoms with van der Waals surface area (Å²) >= 11 is 0. The van der Waals surface area contributed by atoms with Crippen molar-refractivity contribution in [2.75, 3.05) is 0 Å². The Morgan fingerprint density at radius 1 is 0.582 bits per heavy atom. The van der Waals surface area contributed by atoms with Crippen molar-refractivity contribution in [2.24, 2.45) is 4.99 Å². The van der Waals surface area contributed by atoms with E-state index < -0.39 is 5.41 Å². The molecule has 0 amide bonds. The first-order valence-electron chi connectivity index (χ1n) is 19.3. The van der Waals surface area contributed by atoms with Gasteiger partial charge in [0.15, 0.2) is 0 Å². The first kappa shape index (κ1) is 33.0. The Labute approximate surface area is 324 Å². The highest BCUT2D eigenvalue weighted by Crippen LogP contribution is 2.62. The highest BCUT2D eigenvalue weighted by Gasteiger charge is 2.52. The van der Waals surface area contributed by atoms with Gasteiger partial charge < -0.3 is 0 Å². The van der Waals surface area contributed by atoms with E-state index in [1.54, 1.807) is 0 Å². The minimum atomic E-state index is -0.474. The Morgan fingerprint density at radius 2 is 1.20 bits per heavy atom. The molecular weight excluding hydrogens is 663 g/mol. The van der Waals surface area contributed by atoms with E-state index in [1.807, 2.05) is 6.07 Å². The van der Waals surface area contributed by atoms with Gasteiger partial charge in [-0.3, -0.25) is 0 Å². The van der Waals surface area contributed by atoms with E-state index >= 15 is 0 Å². The van der Waals surface area contributed by atoms with Crippen molar-refractivity contribution in [1.29, 1.82) is 0 Å². The van der Waals surface area contributed by atoms with Crippen LogP contribution in [0.15, 0.2) is 205 Å². The van der Waals surface area contributed by atoms with Gasteiger partial charge in [0, 0.05) is 16.6 Å². The van der Waals surface area contributed by atoms with Gasteiger partial charge in [0.1, 0.15) is 0 Å². The lowest BCUT2D eigenvalue weighted by atomic mass is 9.68. The average molecular weight is 704 g/mol. The Balaban J connectivity index is 1.17. The molecule has 0 radical (unpaired) electrons. The van der Waals surface area contributed by atoms with Crippen LogP contribution in [0, 0.1) is 0 Å². The molecule has 0 aliphatic heterocycles. The van der Waals surface area contributed by atoms with Gasteiger partial charge >= 0.3 is 0 Å². The maximum Gasteiger partial charge on any atom is 0.0787 e. The normalized spacial score (nSPS) is 17.9. The maximum absolute atomic E-state index is 5.44. The molecule has 1 nitrogen and oxygen atoms in total. The third-order valence-corrected chi connectivity index (χ3v) is 12.3. The van der Waals surface area contributed by atoms with Crippen molar-refractivity contribution in [3.05, 3.63) is 245 Å². The summed E-state index contributed by atoms with van der Waals surface area (Å²) in [6, 6.07) is 61.7. The quantitative estimate of drug-likeness (QED) is 0.153. The monoisotopic (exact) mass is 703 g/mol. The summed E-state index contributed by atoms with van der Waals surface area (Å²) in [4.78, 5) is 5.44. The van der Waals surface area contributed by atoms with E-state index in [1.165, 1.54) is 72.0 Å². The van der Waals surface area contributed by atoms with E-state index in [4.69, 9.17) is 4.99 Å². The first-order valence-corrected chi connectivity index (χ1v) is 19.3. The Morgan fingerprint density at radius 3 is 1.87 bits per heavy atom. The Kier molecular flexibility index (Phi) is 7.68. The molecular formula is C54H41N. The second-order valence-electron chi connectivity index (χ2n) is 15.4. The number of hydrogen-bond donors (Lipinski definition) is 0. The lowest BCUT2D eigenvalue weighted by Crippen LogP contribution is -2.28. The molecule has 0 saturated carbocycles. The molecule has 0 aromatic heterocycles. The van der Waals surface area contributed by atoms with E-state index in [-0.39, 0.29) is 5.41 Å². The predicted octanol–water partition coefficient (Wildman–Crippen LogP) is 13.4. The molecule has 0 bridgehead atoms. The van der Waals surface area contributed by atoms with Crippen LogP contribution in [-0.2, 0) is 10.8 Å². The largest absolute Gasteiger partial charge is 0.248 e. The van der Waals surface area contributed by atoms with Crippen LogP contribution in [0.5, 0.6) is 0 Å². The van der Waals surface area contributed by atoms with Crippen LogP contribution in [-0.4, -0.2) is 5.71 Å². The average Bonchev–Trinajstić information content (AvgIpc) is 3.69. The van der Waals surface area contributed by atoms with Gasteiger partial charge in [-0.15, -0.1) is 0 Å². The van der Waals surface area contributed by atoms with E-state index in [0.717, 1.165) is 29.0 Å². The summed E-state index contributed by atoms with van der Waals surface area (Å²) in [6.45, 7) is 9.24. The van der Waals surface area contributed by atoms with Gasteiger partial charge in [-0.1, -0.05) is 196 Å². The lowest BCUT2D eigenvalue weighted by molar-refractivity contribution is 0.598. The van der Waals surface area contributed by atoms with Gasteiger partial charge in [-0.2, -0.15) is 0 Å². The number of fused-ring (bicyclic) bond motifs is 8. The summed E-state index contributed by atoms with van der Waals surface area (Å²) in [6.07, 6.45) is 8.11. The number of nitrogens with zero attached hydrogens (tertiary/aromatic N) is 1. The van der Waals surface area contributed by atoms with Crippen molar-refractivity contribution < 1.29 is 0 Å². The van der Waals surface area contributed by atoms with Crippen LogP contribution in [0.3, 0.4) is 0 Å². The molecule has 7 aromatic rings. The van der Waals surface area contributed by atoms with Crippen molar-refractivity contribution >= 4 is 33.3 Å². The number of allylic oxidation sites excluding steroid dienone is 6. The number of rotatable bonds is 6. The van der Waals surface area contributed by atoms with Gasteiger partial charge in [0.25, 0.3) is 0 Å². The van der Waals surface area contributed by atoms with Gasteiger partial charge in [-0.05, 0) is 91.4 Å². The molecule has 0 heterocycles. The maximum atomic E-state index is 5.44. The highest BCUT2D eigenvalue weighted by molar-refractivity contribution is 6.35. The summed E-state index contributed by atoms with van der Waals surface area (Å²) in [7, 11) is 0. The molecule has 7 aromatic carbocycles. The molecule has 55 heavy (non-hydrogen) atoms. The molecule has 262 valence electrons. The second-order valence-corrected chi connectivity index (χ2v) is 15.4. The summed E-state index contributed by atoms with van der Waals surface area (Å²) in [5, 5.41) is 2.54. The van der Waals surface area contributed by atoms with Crippen LogP contribution in [0.2, 0.25) is 0 Å². The van der Waals surface area contributed by atoms with Crippen LogP contribution in [0.4, 0.5) is 0 Å². The molecule has 1 atom stereocenters. The van der Waals surface area contributed by atoms with Gasteiger partial charge in [-0.25, -0.2) is 4.99 Å². The third kappa shape index (κ3) is 5.11. The fourth-order valence-corrected chi connectivity index (χ4v) is 9.47. The van der Waals surface area contributed by atoms with E-state index in [9.17, 15) is 0 Å². The van der Waals surface area contributed by atoms with Crippen molar-refractivity contribution in [3.63, 3.8) is 0 Å².